The second kappa shape index (κ2) is 10.5. The van der Waals surface area contributed by atoms with Crippen molar-refractivity contribution in [1.29, 1.82) is 0 Å². The topological polar surface area (TPSA) is 92.3 Å². The van der Waals surface area contributed by atoms with E-state index in [1.54, 1.807) is 17.8 Å². The van der Waals surface area contributed by atoms with Crippen molar-refractivity contribution < 1.29 is 13.2 Å². The molecule has 1 fully saturated rings. The molecule has 0 atom stereocenters. The summed E-state index contributed by atoms with van der Waals surface area (Å²) in [6.07, 6.45) is 0.995. The molecule has 0 unspecified atom stereocenters. The van der Waals surface area contributed by atoms with Crippen LogP contribution in [0.1, 0.15) is 32.3 Å². The lowest BCUT2D eigenvalue weighted by molar-refractivity contribution is -0.120. The zero-order chi connectivity index (χ0) is 21.7. The Hall–Kier alpha value is -1.01. The van der Waals surface area contributed by atoms with Crippen molar-refractivity contribution in [2.24, 2.45) is 11.8 Å². The Balaban J connectivity index is 1.50. The van der Waals surface area contributed by atoms with Crippen LogP contribution in [0.5, 0.6) is 0 Å². The van der Waals surface area contributed by atoms with Crippen LogP contribution in [0.3, 0.4) is 0 Å². The monoisotopic (exact) mass is 532 g/mol. The highest BCUT2D eigenvalue weighted by Crippen LogP contribution is 2.28. The second-order valence-electron chi connectivity index (χ2n) is 7.63. The normalized spacial score (nSPS) is 16.1. The molecule has 1 saturated heterocycles. The van der Waals surface area contributed by atoms with E-state index in [1.165, 1.54) is 15.6 Å². The molecule has 1 aromatic carbocycles. The SMILES string of the molecule is CC(C)CSc1nnc(NC(=O)C2CCN(S(=O)(=O)Cc3cccc(Br)c3)CC2)s1. The lowest BCUT2D eigenvalue weighted by Crippen LogP contribution is -2.41. The maximum atomic E-state index is 12.7. The van der Waals surface area contributed by atoms with Crippen LogP contribution < -0.4 is 5.32 Å². The van der Waals surface area contributed by atoms with E-state index >= 15 is 0 Å². The number of carbonyl (C=O) groups is 1. The number of hydrogen-bond acceptors (Lipinski definition) is 7. The Morgan fingerprint density at radius 3 is 2.73 bits per heavy atom. The van der Waals surface area contributed by atoms with Gasteiger partial charge in [0.1, 0.15) is 0 Å². The summed E-state index contributed by atoms with van der Waals surface area (Å²) in [5.74, 6) is 1.13. The molecule has 1 aliphatic heterocycles. The smallest absolute Gasteiger partial charge is 0.229 e. The standard InChI is InChI=1S/C19H25BrN4O3S3/c1-13(2)11-28-19-23-22-18(29-19)21-17(25)15-6-8-24(9-7-15)30(26,27)12-14-4-3-5-16(20)10-14/h3-5,10,13,15H,6-9,11-12H2,1-2H3,(H,21,22,25). The molecule has 0 spiro atoms. The van der Waals surface area contributed by atoms with Gasteiger partial charge in [0, 0.05) is 29.2 Å². The first-order valence-corrected chi connectivity index (χ1v) is 13.9. The number of sulfonamides is 1. The number of hydrogen-bond donors (Lipinski definition) is 1. The molecule has 1 N–H and O–H groups in total. The average molecular weight is 534 g/mol. The van der Waals surface area contributed by atoms with Crippen molar-refractivity contribution in [3.05, 3.63) is 34.3 Å². The second-order valence-corrected chi connectivity index (χ2v) is 12.8. The van der Waals surface area contributed by atoms with Gasteiger partial charge in [-0.1, -0.05) is 65.0 Å². The number of carbonyl (C=O) groups excluding carboxylic acids is 1. The minimum Gasteiger partial charge on any atom is -0.300 e. The molecule has 3 rings (SSSR count). The van der Waals surface area contributed by atoms with Crippen LogP contribution in [0.2, 0.25) is 0 Å². The van der Waals surface area contributed by atoms with E-state index in [0.29, 0.717) is 37.0 Å². The number of piperidine rings is 1. The maximum Gasteiger partial charge on any atom is 0.229 e. The highest BCUT2D eigenvalue weighted by atomic mass is 79.9. The molecule has 2 aromatic rings. The molecule has 0 bridgehead atoms. The van der Waals surface area contributed by atoms with Gasteiger partial charge in [0.25, 0.3) is 0 Å². The van der Waals surface area contributed by atoms with Crippen LogP contribution in [0.4, 0.5) is 5.13 Å². The summed E-state index contributed by atoms with van der Waals surface area (Å²) in [5.41, 5.74) is 0.742. The van der Waals surface area contributed by atoms with E-state index in [4.69, 9.17) is 0 Å². The van der Waals surface area contributed by atoms with Crippen LogP contribution >= 0.6 is 39.0 Å². The Morgan fingerprint density at radius 1 is 1.33 bits per heavy atom. The fraction of sp³-hybridized carbons (Fsp3) is 0.526. The third-order valence-corrected chi connectivity index (χ3v) is 9.38. The van der Waals surface area contributed by atoms with Crippen molar-refractivity contribution in [3.8, 4) is 0 Å². The summed E-state index contributed by atoms with van der Waals surface area (Å²) in [7, 11) is -3.41. The summed E-state index contributed by atoms with van der Waals surface area (Å²) in [6.45, 7) is 4.98. The van der Waals surface area contributed by atoms with Crippen LogP contribution in [0.15, 0.2) is 33.1 Å². The summed E-state index contributed by atoms with van der Waals surface area (Å²) >= 11 is 6.38. The fourth-order valence-electron chi connectivity index (χ4n) is 3.09. The highest BCUT2D eigenvalue weighted by Gasteiger charge is 2.31. The van der Waals surface area contributed by atoms with Gasteiger partial charge >= 0.3 is 0 Å². The van der Waals surface area contributed by atoms with Crippen LogP contribution in [0, 0.1) is 11.8 Å². The summed E-state index contributed by atoms with van der Waals surface area (Å²) in [6, 6.07) is 7.31. The molecule has 0 aliphatic carbocycles. The quantitative estimate of drug-likeness (QED) is 0.404. The Bertz CT molecular complexity index is 973. The first-order chi connectivity index (χ1) is 14.2. The Morgan fingerprint density at radius 2 is 2.07 bits per heavy atom. The number of anilines is 1. The van der Waals surface area contributed by atoms with E-state index in [9.17, 15) is 13.2 Å². The molecule has 7 nitrogen and oxygen atoms in total. The van der Waals surface area contributed by atoms with Gasteiger partial charge in [-0.3, -0.25) is 4.79 Å². The molecule has 1 aromatic heterocycles. The first-order valence-electron chi connectivity index (χ1n) is 9.72. The number of aromatic nitrogens is 2. The minimum atomic E-state index is -3.41. The molecule has 1 amide bonds. The third-order valence-electron chi connectivity index (χ3n) is 4.63. The van der Waals surface area contributed by atoms with Gasteiger partial charge in [-0.15, -0.1) is 10.2 Å². The number of rotatable bonds is 8. The van der Waals surface area contributed by atoms with E-state index in [-0.39, 0.29) is 17.6 Å². The van der Waals surface area contributed by atoms with Gasteiger partial charge in [-0.05, 0) is 36.5 Å². The predicted octanol–water partition coefficient (Wildman–Crippen LogP) is 4.23. The lowest BCUT2D eigenvalue weighted by Gasteiger charge is -2.30. The minimum absolute atomic E-state index is 0.0368. The van der Waals surface area contributed by atoms with Gasteiger partial charge in [-0.2, -0.15) is 0 Å². The maximum absolute atomic E-state index is 12.7. The first kappa shape index (κ1) is 23.6. The van der Waals surface area contributed by atoms with Gasteiger partial charge in [0.2, 0.25) is 21.1 Å². The molecule has 1 aliphatic rings. The van der Waals surface area contributed by atoms with Crippen molar-refractivity contribution in [2.45, 2.75) is 36.8 Å². The third kappa shape index (κ3) is 6.74. The Labute approximate surface area is 194 Å². The molecule has 2 heterocycles. The highest BCUT2D eigenvalue weighted by molar-refractivity contribution is 9.10. The molecular weight excluding hydrogens is 508 g/mol. The number of amides is 1. The van der Waals surface area contributed by atoms with Crippen LogP contribution in [0.25, 0.3) is 0 Å². The predicted molar refractivity (Wildman–Crippen MR) is 125 cm³/mol. The molecule has 0 radical (unpaired) electrons. The van der Waals surface area contributed by atoms with E-state index < -0.39 is 10.0 Å². The fourth-order valence-corrected chi connectivity index (χ4v) is 6.82. The molecule has 11 heteroatoms. The number of nitrogens with one attached hydrogen (secondary N) is 1. The van der Waals surface area contributed by atoms with E-state index in [1.807, 2.05) is 18.2 Å². The number of benzene rings is 1. The van der Waals surface area contributed by atoms with Gasteiger partial charge in [0.05, 0.1) is 5.75 Å². The van der Waals surface area contributed by atoms with E-state index in [2.05, 4.69) is 45.3 Å². The average Bonchev–Trinajstić information content (AvgIpc) is 3.13. The lowest BCUT2D eigenvalue weighted by atomic mass is 9.97. The van der Waals surface area contributed by atoms with Crippen molar-refractivity contribution in [3.63, 3.8) is 0 Å². The Kier molecular flexibility index (Phi) is 8.31. The van der Waals surface area contributed by atoms with Crippen molar-refractivity contribution >= 4 is 60.1 Å². The summed E-state index contributed by atoms with van der Waals surface area (Å²) in [4.78, 5) is 12.6. The van der Waals surface area contributed by atoms with Crippen molar-refractivity contribution in [1.82, 2.24) is 14.5 Å². The molecule has 164 valence electrons. The summed E-state index contributed by atoms with van der Waals surface area (Å²) < 4.78 is 28.7. The summed E-state index contributed by atoms with van der Waals surface area (Å²) in [5, 5.41) is 11.5. The number of halogens is 1. The zero-order valence-electron chi connectivity index (χ0n) is 16.9. The van der Waals surface area contributed by atoms with Gasteiger partial charge in [0.15, 0.2) is 4.34 Å². The zero-order valence-corrected chi connectivity index (χ0v) is 20.9. The molecular formula is C19H25BrN4O3S3. The largest absolute Gasteiger partial charge is 0.300 e. The van der Waals surface area contributed by atoms with Crippen LogP contribution in [-0.2, 0) is 20.6 Å². The molecule has 0 saturated carbocycles. The number of thioether (sulfide) groups is 1. The molecule has 30 heavy (non-hydrogen) atoms. The van der Waals surface area contributed by atoms with Crippen molar-refractivity contribution in [2.75, 3.05) is 24.2 Å². The van der Waals surface area contributed by atoms with Gasteiger partial charge < -0.3 is 5.32 Å². The number of nitrogens with zero attached hydrogens (tertiary/aromatic N) is 3. The van der Waals surface area contributed by atoms with Gasteiger partial charge in [-0.25, -0.2) is 12.7 Å². The van der Waals surface area contributed by atoms with Crippen LogP contribution in [-0.4, -0.2) is 47.7 Å². The van der Waals surface area contributed by atoms with E-state index in [0.717, 1.165) is 20.1 Å².